The normalized spacial score (nSPS) is 11.2. The predicted octanol–water partition coefficient (Wildman–Crippen LogP) is 2.69. The first-order valence-corrected chi connectivity index (χ1v) is 11.9. The van der Waals surface area contributed by atoms with E-state index in [1.807, 2.05) is 17.5 Å². The molecule has 0 atom stereocenters. The van der Waals surface area contributed by atoms with Crippen molar-refractivity contribution in [2.45, 2.75) is 12.0 Å². The van der Waals surface area contributed by atoms with Crippen molar-refractivity contribution in [1.29, 1.82) is 0 Å². The molecule has 3 aromatic heterocycles. The van der Waals surface area contributed by atoms with Crippen molar-refractivity contribution in [1.82, 2.24) is 0 Å². The van der Waals surface area contributed by atoms with Gasteiger partial charge in [-0.05, 0) is 30.5 Å². The Bertz CT molecular complexity index is 1210. The summed E-state index contributed by atoms with van der Waals surface area (Å²) in [5.74, 6) is -2.79. The smallest absolute Gasteiger partial charge is 0.374 e. The molecule has 0 aliphatic carbocycles. The quantitative estimate of drug-likeness (QED) is 0.462. The van der Waals surface area contributed by atoms with E-state index in [9.17, 15) is 22.8 Å². The molecule has 164 valence electrons. The summed E-state index contributed by atoms with van der Waals surface area (Å²) in [6.45, 7) is 1.13. The van der Waals surface area contributed by atoms with E-state index in [0.29, 0.717) is 5.56 Å². The van der Waals surface area contributed by atoms with Gasteiger partial charge in [0.1, 0.15) is 10.6 Å². The molecular weight excluding hydrogens is 468 g/mol. The van der Waals surface area contributed by atoms with Crippen LogP contribution in [-0.2, 0) is 24.3 Å². The molecule has 0 saturated heterocycles. The van der Waals surface area contributed by atoms with Gasteiger partial charge in [-0.15, -0.1) is 22.7 Å². The highest BCUT2D eigenvalue weighted by molar-refractivity contribution is 7.89. The average Bonchev–Trinajstić information content (AvgIpc) is 3.45. The minimum atomic E-state index is -4.12. The summed E-state index contributed by atoms with van der Waals surface area (Å²) in [5.41, 5.74) is 0.828. The molecule has 3 aromatic rings. The third-order valence-corrected chi connectivity index (χ3v) is 6.29. The SMILES string of the molecule is CCOC(=O)c1c(-c2cccs2)csc1NC(=O)COC(=O)c1ccc(S(N)(=O)=O)o1. The van der Waals surface area contributed by atoms with Crippen LogP contribution in [-0.4, -0.2) is 39.5 Å². The Morgan fingerprint density at radius 2 is 1.90 bits per heavy atom. The van der Waals surface area contributed by atoms with Crippen LogP contribution in [0.4, 0.5) is 5.00 Å². The molecule has 0 saturated carbocycles. The number of carbonyl (C=O) groups excluding carboxylic acids is 3. The van der Waals surface area contributed by atoms with Gasteiger partial charge >= 0.3 is 11.9 Å². The fourth-order valence-electron chi connectivity index (χ4n) is 2.42. The maximum Gasteiger partial charge on any atom is 0.374 e. The Morgan fingerprint density at radius 1 is 1.13 bits per heavy atom. The van der Waals surface area contributed by atoms with Crippen LogP contribution in [0.3, 0.4) is 0 Å². The number of amides is 1. The molecule has 13 heteroatoms. The largest absolute Gasteiger partial charge is 0.462 e. The van der Waals surface area contributed by atoms with Crippen LogP contribution in [0.1, 0.15) is 27.8 Å². The van der Waals surface area contributed by atoms with Gasteiger partial charge in [-0.1, -0.05) is 6.07 Å². The van der Waals surface area contributed by atoms with Crippen LogP contribution in [0.5, 0.6) is 0 Å². The summed E-state index contributed by atoms with van der Waals surface area (Å²) < 4.78 is 37.1. The fourth-order valence-corrected chi connectivity index (χ4v) is 4.67. The third-order valence-electron chi connectivity index (χ3n) is 3.71. The number of ether oxygens (including phenoxy) is 2. The Morgan fingerprint density at radius 3 is 2.52 bits per heavy atom. The Kier molecular flexibility index (Phi) is 6.90. The summed E-state index contributed by atoms with van der Waals surface area (Å²) >= 11 is 2.56. The zero-order valence-electron chi connectivity index (χ0n) is 15.9. The molecule has 0 aliphatic heterocycles. The summed E-state index contributed by atoms with van der Waals surface area (Å²) in [6, 6.07) is 5.73. The monoisotopic (exact) mass is 484 g/mol. The van der Waals surface area contributed by atoms with Crippen LogP contribution < -0.4 is 10.5 Å². The van der Waals surface area contributed by atoms with E-state index < -0.39 is 45.3 Å². The lowest BCUT2D eigenvalue weighted by molar-refractivity contribution is -0.119. The second kappa shape index (κ2) is 9.43. The molecule has 0 fully saturated rings. The molecule has 3 rings (SSSR count). The molecule has 0 aromatic carbocycles. The second-order valence-corrected chi connectivity index (χ2v) is 9.16. The number of furan rings is 1. The van der Waals surface area contributed by atoms with E-state index in [4.69, 9.17) is 19.0 Å². The average molecular weight is 485 g/mol. The van der Waals surface area contributed by atoms with E-state index in [1.54, 1.807) is 12.3 Å². The van der Waals surface area contributed by atoms with Gasteiger partial charge in [0.05, 0.1) is 6.61 Å². The molecule has 31 heavy (non-hydrogen) atoms. The van der Waals surface area contributed by atoms with Gasteiger partial charge in [0.25, 0.3) is 15.9 Å². The van der Waals surface area contributed by atoms with Gasteiger partial charge in [-0.3, -0.25) is 4.79 Å². The van der Waals surface area contributed by atoms with Crippen LogP contribution in [0.15, 0.2) is 44.5 Å². The highest BCUT2D eigenvalue weighted by atomic mass is 32.2. The molecule has 1 amide bonds. The number of esters is 2. The lowest BCUT2D eigenvalue weighted by atomic mass is 10.1. The maximum absolute atomic E-state index is 12.4. The van der Waals surface area contributed by atoms with Crippen LogP contribution in [0.2, 0.25) is 0 Å². The van der Waals surface area contributed by atoms with Crippen molar-refractivity contribution < 1.29 is 36.7 Å². The molecule has 0 spiro atoms. The number of nitrogens with two attached hydrogens (primary N) is 1. The molecule has 10 nitrogen and oxygen atoms in total. The standard InChI is InChI=1S/C18H16N2O8S3/c1-2-26-18(23)15-10(12-4-3-7-29-12)9-30-16(15)20-13(21)8-27-17(22)11-5-6-14(28-11)31(19,24)25/h3-7,9H,2,8H2,1H3,(H,20,21)(H2,19,24,25). The molecule has 3 heterocycles. The van der Waals surface area contributed by atoms with Crippen LogP contribution >= 0.6 is 22.7 Å². The number of rotatable bonds is 8. The van der Waals surface area contributed by atoms with Gasteiger partial charge in [0.2, 0.25) is 10.9 Å². The van der Waals surface area contributed by atoms with Crippen LogP contribution in [0.25, 0.3) is 10.4 Å². The summed E-state index contributed by atoms with van der Waals surface area (Å²) in [5, 5.41) is 10.6. The number of anilines is 1. The Balaban J connectivity index is 1.69. The highest BCUT2D eigenvalue weighted by Gasteiger charge is 2.24. The maximum atomic E-state index is 12.4. The van der Waals surface area contributed by atoms with Crippen molar-refractivity contribution in [2.75, 3.05) is 18.5 Å². The topological polar surface area (TPSA) is 155 Å². The summed E-state index contributed by atoms with van der Waals surface area (Å²) in [6.07, 6.45) is 0. The van der Waals surface area contributed by atoms with Crippen molar-refractivity contribution in [3.63, 3.8) is 0 Å². The zero-order valence-corrected chi connectivity index (χ0v) is 18.4. The lowest BCUT2D eigenvalue weighted by Crippen LogP contribution is -2.21. The van der Waals surface area contributed by atoms with E-state index in [0.717, 1.165) is 28.3 Å². The third kappa shape index (κ3) is 5.38. The molecular formula is C18H16N2O8S3. The number of primary sulfonamides is 1. The highest BCUT2D eigenvalue weighted by Crippen LogP contribution is 2.38. The lowest BCUT2D eigenvalue weighted by Gasteiger charge is -2.08. The summed E-state index contributed by atoms with van der Waals surface area (Å²) in [7, 11) is -4.12. The van der Waals surface area contributed by atoms with E-state index in [1.165, 1.54) is 11.3 Å². The number of nitrogens with one attached hydrogen (secondary N) is 1. The molecule has 0 unspecified atom stereocenters. The van der Waals surface area contributed by atoms with Crippen molar-refractivity contribution >= 4 is 55.5 Å². The molecule has 3 N–H and O–H groups in total. The first kappa shape index (κ1) is 22.7. The van der Waals surface area contributed by atoms with Crippen molar-refractivity contribution in [3.05, 3.63) is 46.3 Å². The number of sulfonamides is 1. The van der Waals surface area contributed by atoms with Crippen LogP contribution in [0, 0.1) is 0 Å². The van der Waals surface area contributed by atoms with Crippen molar-refractivity contribution in [3.8, 4) is 10.4 Å². The first-order valence-electron chi connectivity index (χ1n) is 8.62. The van der Waals surface area contributed by atoms with Gasteiger partial charge in [-0.2, -0.15) is 0 Å². The zero-order chi connectivity index (χ0) is 22.6. The fraction of sp³-hybridized carbons (Fsp3) is 0.167. The number of thiophene rings is 2. The Hall–Kier alpha value is -3.00. The molecule has 0 bridgehead atoms. The van der Waals surface area contributed by atoms with E-state index >= 15 is 0 Å². The molecule has 0 aliphatic rings. The van der Waals surface area contributed by atoms with E-state index in [-0.39, 0.29) is 17.2 Å². The number of carbonyl (C=O) groups is 3. The summed E-state index contributed by atoms with van der Waals surface area (Å²) in [4.78, 5) is 37.5. The van der Waals surface area contributed by atoms with Crippen molar-refractivity contribution in [2.24, 2.45) is 5.14 Å². The van der Waals surface area contributed by atoms with Gasteiger partial charge in [0.15, 0.2) is 6.61 Å². The van der Waals surface area contributed by atoms with Gasteiger partial charge in [-0.25, -0.2) is 23.1 Å². The predicted molar refractivity (Wildman–Crippen MR) is 113 cm³/mol. The molecule has 0 radical (unpaired) electrons. The Labute approximate surface area is 184 Å². The van der Waals surface area contributed by atoms with Gasteiger partial charge in [0, 0.05) is 15.8 Å². The van der Waals surface area contributed by atoms with Gasteiger partial charge < -0.3 is 19.2 Å². The number of hydrogen-bond acceptors (Lipinski definition) is 10. The number of hydrogen-bond donors (Lipinski definition) is 2. The second-order valence-electron chi connectivity index (χ2n) is 5.84. The minimum Gasteiger partial charge on any atom is -0.462 e. The first-order chi connectivity index (χ1) is 14.7. The minimum absolute atomic E-state index is 0.160. The van der Waals surface area contributed by atoms with E-state index in [2.05, 4.69) is 5.32 Å².